The van der Waals surface area contributed by atoms with E-state index in [0.29, 0.717) is 4.90 Å². The van der Waals surface area contributed by atoms with Crippen LogP contribution >= 0.6 is 0 Å². The quantitative estimate of drug-likeness (QED) is 0.888. The summed E-state index contributed by atoms with van der Waals surface area (Å²) in [6, 6.07) is 8.16. The third kappa shape index (κ3) is 3.56. The van der Waals surface area contributed by atoms with Crippen molar-refractivity contribution in [3.8, 4) is 0 Å². The molecule has 0 radical (unpaired) electrons. The molecule has 0 aromatic heterocycles. The van der Waals surface area contributed by atoms with Crippen molar-refractivity contribution < 1.29 is 18.5 Å². The number of carbonyl (C=O) groups is 2. The van der Waals surface area contributed by atoms with Crippen LogP contribution in [0.1, 0.15) is 0 Å². The normalized spacial score (nSPS) is 13.2. The molecule has 6 nitrogen and oxygen atoms in total. The Morgan fingerprint density at radius 2 is 1.94 bits per heavy atom. The van der Waals surface area contributed by atoms with E-state index in [1.807, 2.05) is 0 Å². The highest BCUT2D eigenvalue weighted by Crippen LogP contribution is 2.14. The van der Waals surface area contributed by atoms with Crippen LogP contribution in [-0.4, -0.2) is 36.1 Å². The molecule has 1 atom stereocenters. The summed E-state index contributed by atoms with van der Waals surface area (Å²) >= 11 is 0. The molecule has 0 spiro atoms. The highest BCUT2D eigenvalue weighted by atomic mass is 32.2. The van der Waals surface area contributed by atoms with E-state index in [-0.39, 0.29) is 5.75 Å². The SMILES string of the molecule is CNC(=O)CS(=O)(=NC(=O)OC)c1ccccc1. The number of nitrogens with zero attached hydrogens (tertiary/aromatic N) is 1. The summed E-state index contributed by atoms with van der Waals surface area (Å²) in [5.74, 6) is -0.848. The molecule has 0 aliphatic carbocycles. The number of ether oxygens (including phenoxy) is 1. The van der Waals surface area contributed by atoms with Gasteiger partial charge in [-0.3, -0.25) is 4.79 Å². The van der Waals surface area contributed by atoms with E-state index in [4.69, 9.17) is 0 Å². The van der Waals surface area contributed by atoms with Crippen molar-refractivity contribution in [2.75, 3.05) is 19.9 Å². The van der Waals surface area contributed by atoms with E-state index in [2.05, 4.69) is 14.4 Å². The fraction of sp³-hybridized carbons (Fsp3) is 0.273. The second kappa shape index (κ2) is 6.15. The number of methoxy groups -OCH3 is 1. The number of hydrogen-bond donors (Lipinski definition) is 1. The van der Waals surface area contributed by atoms with Gasteiger partial charge in [-0.2, -0.15) is 0 Å². The number of nitrogens with one attached hydrogen (secondary N) is 1. The lowest BCUT2D eigenvalue weighted by Gasteiger charge is -2.08. The molecule has 18 heavy (non-hydrogen) atoms. The zero-order valence-corrected chi connectivity index (χ0v) is 10.9. The van der Waals surface area contributed by atoms with Crippen LogP contribution in [0, 0.1) is 0 Å². The Hall–Kier alpha value is -1.89. The van der Waals surface area contributed by atoms with Gasteiger partial charge in [0, 0.05) is 11.9 Å². The van der Waals surface area contributed by atoms with Crippen molar-refractivity contribution in [2.24, 2.45) is 4.36 Å². The van der Waals surface area contributed by atoms with E-state index in [9.17, 15) is 13.8 Å². The largest absolute Gasteiger partial charge is 0.451 e. The maximum Gasteiger partial charge on any atom is 0.441 e. The van der Waals surface area contributed by atoms with E-state index in [1.54, 1.807) is 30.3 Å². The van der Waals surface area contributed by atoms with Gasteiger partial charge in [-0.25, -0.2) is 9.00 Å². The predicted molar refractivity (Wildman–Crippen MR) is 66.6 cm³/mol. The fourth-order valence-corrected chi connectivity index (χ4v) is 2.94. The van der Waals surface area contributed by atoms with Crippen molar-refractivity contribution in [3.63, 3.8) is 0 Å². The zero-order valence-electron chi connectivity index (χ0n) is 10.1. The molecular weight excluding hydrogens is 256 g/mol. The lowest BCUT2D eigenvalue weighted by molar-refractivity contribution is -0.118. The first-order valence-corrected chi connectivity index (χ1v) is 6.78. The molecule has 1 aromatic rings. The van der Waals surface area contributed by atoms with Crippen molar-refractivity contribution in [1.29, 1.82) is 0 Å². The van der Waals surface area contributed by atoms with E-state index < -0.39 is 21.7 Å². The summed E-state index contributed by atoms with van der Waals surface area (Å²) in [6.45, 7) is 0. The molecule has 0 aliphatic rings. The molecule has 0 aliphatic heterocycles. The molecule has 7 heteroatoms. The van der Waals surface area contributed by atoms with Crippen molar-refractivity contribution in [2.45, 2.75) is 4.90 Å². The van der Waals surface area contributed by atoms with E-state index in [0.717, 1.165) is 7.11 Å². The summed E-state index contributed by atoms with van der Waals surface area (Å²) in [5.41, 5.74) is 0. The van der Waals surface area contributed by atoms with Gasteiger partial charge in [-0.1, -0.05) is 18.2 Å². The molecule has 1 unspecified atom stereocenters. The fourth-order valence-electron chi connectivity index (χ4n) is 1.21. The Balaban J connectivity index is 3.27. The lowest BCUT2D eigenvalue weighted by atomic mass is 10.4. The van der Waals surface area contributed by atoms with Crippen LogP contribution in [0.5, 0.6) is 0 Å². The van der Waals surface area contributed by atoms with Crippen LogP contribution in [0.4, 0.5) is 4.79 Å². The van der Waals surface area contributed by atoms with E-state index in [1.165, 1.54) is 7.05 Å². The van der Waals surface area contributed by atoms with Gasteiger partial charge in [0.2, 0.25) is 5.91 Å². The van der Waals surface area contributed by atoms with Gasteiger partial charge in [-0.15, -0.1) is 4.36 Å². The molecule has 1 aromatic carbocycles. The van der Waals surface area contributed by atoms with Gasteiger partial charge in [-0.05, 0) is 12.1 Å². The maximum atomic E-state index is 12.6. The summed E-state index contributed by atoms with van der Waals surface area (Å²) in [4.78, 5) is 22.9. The number of amides is 2. The monoisotopic (exact) mass is 270 g/mol. The average Bonchev–Trinajstić information content (AvgIpc) is 2.39. The Morgan fingerprint density at radius 1 is 1.33 bits per heavy atom. The first-order valence-electron chi connectivity index (χ1n) is 5.10. The van der Waals surface area contributed by atoms with Crippen molar-refractivity contribution in [3.05, 3.63) is 30.3 Å². The molecule has 1 rings (SSSR count). The van der Waals surface area contributed by atoms with Gasteiger partial charge in [0.25, 0.3) is 0 Å². The van der Waals surface area contributed by atoms with Crippen LogP contribution in [0.3, 0.4) is 0 Å². The minimum atomic E-state index is -3.15. The van der Waals surface area contributed by atoms with Crippen molar-refractivity contribution in [1.82, 2.24) is 5.32 Å². The minimum absolute atomic E-state index is 0.319. The molecule has 0 fully saturated rings. The second-order valence-electron chi connectivity index (χ2n) is 3.33. The van der Waals surface area contributed by atoms with Crippen LogP contribution in [-0.2, 0) is 19.3 Å². The van der Waals surface area contributed by atoms with Crippen LogP contribution in [0.2, 0.25) is 0 Å². The molecular formula is C11H14N2O4S. The standard InChI is InChI=1S/C11H14N2O4S/c1-12-10(14)8-18(16,13-11(15)17-2)9-6-4-3-5-7-9/h3-7H,8H2,1-2H3,(H,12,14). The van der Waals surface area contributed by atoms with Crippen molar-refractivity contribution >= 4 is 21.7 Å². The summed E-state index contributed by atoms with van der Waals surface area (Å²) in [7, 11) is -0.595. The molecule has 0 saturated carbocycles. The number of benzene rings is 1. The highest BCUT2D eigenvalue weighted by molar-refractivity contribution is 7.94. The van der Waals surface area contributed by atoms with Crippen LogP contribution in [0.25, 0.3) is 0 Å². The van der Waals surface area contributed by atoms with Gasteiger partial charge in [0.05, 0.1) is 16.8 Å². The third-order valence-electron chi connectivity index (χ3n) is 2.11. The van der Waals surface area contributed by atoms with Crippen LogP contribution < -0.4 is 5.32 Å². The Labute approximate surface area is 106 Å². The molecule has 2 amide bonds. The Bertz CT molecular complexity index is 547. The van der Waals surface area contributed by atoms with Gasteiger partial charge in [0.1, 0.15) is 5.75 Å². The lowest BCUT2D eigenvalue weighted by Crippen LogP contribution is -2.27. The minimum Gasteiger partial charge on any atom is -0.451 e. The Morgan fingerprint density at radius 3 is 2.44 bits per heavy atom. The molecule has 98 valence electrons. The molecule has 0 heterocycles. The first-order chi connectivity index (χ1) is 8.51. The zero-order chi connectivity index (χ0) is 13.6. The third-order valence-corrected chi connectivity index (χ3v) is 4.22. The van der Waals surface area contributed by atoms with Gasteiger partial charge < -0.3 is 10.1 Å². The molecule has 0 bridgehead atoms. The second-order valence-corrected chi connectivity index (χ2v) is 5.56. The summed E-state index contributed by atoms with van der Waals surface area (Å²) in [6.07, 6.45) is -0.965. The first kappa shape index (κ1) is 14.2. The smallest absolute Gasteiger partial charge is 0.441 e. The molecule has 0 saturated heterocycles. The highest BCUT2D eigenvalue weighted by Gasteiger charge is 2.19. The number of carbonyl (C=O) groups excluding carboxylic acids is 2. The molecule has 1 N–H and O–H groups in total. The van der Waals surface area contributed by atoms with Gasteiger partial charge in [0.15, 0.2) is 0 Å². The van der Waals surface area contributed by atoms with Gasteiger partial charge >= 0.3 is 6.09 Å². The summed E-state index contributed by atoms with van der Waals surface area (Å²) in [5, 5.41) is 2.35. The number of hydrogen-bond acceptors (Lipinski definition) is 4. The Kier molecular flexibility index (Phi) is 4.85. The van der Waals surface area contributed by atoms with Crippen LogP contribution in [0.15, 0.2) is 39.6 Å². The van der Waals surface area contributed by atoms with E-state index >= 15 is 0 Å². The maximum absolute atomic E-state index is 12.6. The predicted octanol–water partition coefficient (Wildman–Crippen LogP) is 1.03. The summed E-state index contributed by atoms with van der Waals surface area (Å²) < 4.78 is 20.5. The topological polar surface area (TPSA) is 84.8 Å². The number of rotatable bonds is 3. The average molecular weight is 270 g/mol.